The molecule has 8 rings (SSSR count). The first-order valence-corrected chi connectivity index (χ1v) is 45.8. The molecule has 0 spiro atoms. The number of carboxylic acid groups (broad SMARTS) is 5. The molecule has 4 aromatic heterocycles. The lowest BCUT2D eigenvalue weighted by atomic mass is 10.0. The standard InChI is InChI=1S/C93H121N21O30/c1-42(100-82(132)67(35-72(125)126)105-84(134)68(36-73(127)128)106-83(133)63(31-48-38-96-56-21-11-7-17-52(48)56)107-91(141)77(46(5)118)113-85(135)64(32-49-39-97-57-22-12-8-18-53(49)57)104-80(130)61(26-28-70(121)122)101-69(120)37-95)79(129)110-74(43(2)115)88(138)102-60(25-15-16-30-94)81(131)111-76(45(4)117)90(140)108-66(34-51-41-99-59-24-14-10-20-55(51)59)87(137)114-78(47(6)119)92(142)109-65(33-50-40-98-58-23-13-9-19-54(50)58)86(136)112-75(44(3)116)89(139)103-62(93(143)144)27-29-71(123)124/h7-14,17-24,38-47,60-68,74-78,96-99,115-119H,15-16,25-37,94-95H2,1-6H3,(H,100,132)(H,101,120)(H,102,138)(H,103,139)(H,104,130)(H,105,134)(H,106,133)(H,107,141)(H,108,140)(H,109,142)(H,110,129)(H,111,131)(H,112,136)(H,113,135)(H,114,137)(H,121,122)(H,123,124)(H,125,126)(H,127,128)(H,143,144)/t42-,43+,44+,45+,46+,47+,60-,61-,62-,63-,64-,65-,66-,67-,68-,74-,75-,76-,77-,78-/m0/s1. The predicted molar refractivity (Wildman–Crippen MR) is 509 cm³/mol. The molecule has 51 nitrogen and oxygen atoms in total. The molecular formula is C93H121N21O30. The van der Waals surface area contributed by atoms with E-state index < -0.39 is 304 Å². The Labute approximate surface area is 820 Å². The van der Waals surface area contributed by atoms with Crippen molar-refractivity contribution in [3.63, 3.8) is 0 Å². The monoisotopic (exact) mass is 2010 g/mol. The quantitative estimate of drug-likeness (QED) is 0.0158. The van der Waals surface area contributed by atoms with Gasteiger partial charge in [0.25, 0.3) is 0 Å². The number of carboxylic acids is 5. The van der Waals surface area contributed by atoms with Crippen molar-refractivity contribution in [1.29, 1.82) is 0 Å². The summed E-state index contributed by atoms with van der Waals surface area (Å²) >= 11 is 0. The highest BCUT2D eigenvalue weighted by Crippen LogP contribution is 2.26. The number of aromatic amines is 4. The summed E-state index contributed by atoms with van der Waals surface area (Å²) in [5.74, 6) is -26.9. The second kappa shape index (κ2) is 53.7. The Hall–Kier alpha value is -15.8. The van der Waals surface area contributed by atoms with Gasteiger partial charge in [0, 0.05) is 107 Å². The molecule has 0 radical (unpaired) electrons. The van der Waals surface area contributed by atoms with Gasteiger partial charge in [0.2, 0.25) is 88.6 Å². The number of aliphatic hydroxyl groups is 5. The molecular weight excluding hydrogens is 1890 g/mol. The lowest BCUT2D eigenvalue weighted by Gasteiger charge is -2.30. The van der Waals surface area contributed by atoms with Crippen LogP contribution in [0.5, 0.6) is 0 Å². The molecule has 4 aromatic carbocycles. The molecule has 0 fully saturated rings. The van der Waals surface area contributed by atoms with E-state index in [1.54, 1.807) is 97.1 Å². The molecule has 15 amide bonds. The van der Waals surface area contributed by atoms with Crippen molar-refractivity contribution in [2.75, 3.05) is 13.1 Å². The summed E-state index contributed by atoms with van der Waals surface area (Å²) in [7, 11) is 0. The van der Waals surface area contributed by atoms with Crippen LogP contribution >= 0.6 is 0 Å². The van der Waals surface area contributed by atoms with E-state index in [-0.39, 0.29) is 32.2 Å². The van der Waals surface area contributed by atoms with Crippen LogP contribution in [-0.2, 0) is 122 Å². The largest absolute Gasteiger partial charge is 0.481 e. The molecule has 33 N–H and O–H groups in total. The fraction of sp³-hybridized carbons (Fsp3) is 0.441. The van der Waals surface area contributed by atoms with Crippen molar-refractivity contribution in [1.82, 2.24) is 99.7 Å². The van der Waals surface area contributed by atoms with E-state index in [0.29, 0.717) is 65.9 Å². The van der Waals surface area contributed by atoms with Gasteiger partial charge in [0.1, 0.15) is 90.6 Å². The highest BCUT2D eigenvalue weighted by atomic mass is 16.4. The molecule has 0 saturated carbocycles. The SMILES string of the molecule is C[C@H](NC(=O)[C@H](CC(=O)O)NC(=O)[C@H](CC(=O)O)NC(=O)[C@H](Cc1c[nH]c2ccccc12)NC(=O)[C@@H](NC(=O)[C@H](Cc1c[nH]c2ccccc12)NC(=O)[C@H](CCC(=O)O)NC(=O)CN)[C@@H](C)O)C(=O)N[C@H](C(=O)N[C@@H](CCCCN)C(=O)N[C@H](C(=O)N[C@@H](Cc1c[nH]c2ccccc12)C(=O)N[C@H](C(=O)N[C@@H](Cc1c[nH]c2ccccc12)C(=O)N[C@H](C(=O)N[C@@H](CCC(=O)O)C(=O)O)[C@@H](C)O)[C@@H](C)O)[C@@H](C)O)[C@@H](C)O. The van der Waals surface area contributed by atoms with Crippen molar-refractivity contribution in [2.45, 2.75) is 246 Å². The van der Waals surface area contributed by atoms with Gasteiger partial charge < -0.3 is 162 Å². The summed E-state index contributed by atoms with van der Waals surface area (Å²) in [5, 5.41) is 141. The Morgan fingerprint density at radius 2 is 0.514 bits per heavy atom. The topological polar surface area (TPSA) is 839 Å². The number of amides is 15. The van der Waals surface area contributed by atoms with Crippen molar-refractivity contribution in [2.24, 2.45) is 11.5 Å². The number of rotatable bonds is 58. The minimum atomic E-state index is -2.28. The summed E-state index contributed by atoms with van der Waals surface area (Å²) < 4.78 is 0. The first-order chi connectivity index (χ1) is 68.2. The van der Waals surface area contributed by atoms with E-state index >= 15 is 0 Å². The molecule has 0 bridgehead atoms. The van der Waals surface area contributed by atoms with Crippen molar-refractivity contribution >= 4 is 162 Å². The highest BCUT2D eigenvalue weighted by Gasteiger charge is 2.43. The number of hydrogen-bond donors (Lipinski definition) is 31. The smallest absolute Gasteiger partial charge is 0.326 e. The lowest BCUT2D eigenvalue weighted by molar-refractivity contribution is -0.144. The number of carbonyl (C=O) groups excluding carboxylic acids is 15. The summed E-state index contributed by atoms with van der Waals surface area (Å²) in [4.78, 5) is 287. The molecule has 0 saturated heterocycles. The van der Waals surface area contributed by atoms with Gasteiger partial charge in [-0.15, -0.1) is 0 Å². The normalized spacial score (nSPS) is 15.5. The number of nitrogens with one attached hydrogen (secondary N) is 19. The molecule has 0 aliphatic rings. The minimum absolute atomic E-state index is 0.0241. The zero-order valence-corrected chi connectivity index (χ0v) is 79.0. The number of unbranched alkanes of at least 4 members (excludes halogenated alkanes) is 1. The van der Waals surface area contributed by atoms with E-state index in [1.165, 1.54) is 24.8 Å². The van der Waals surface area contributed by atoms with Gasteiger partial charge in [-0.25, -0.2) is 4.79 Å². The molecule has 144 heavy (non-hydrogen) atoms. The van der Waals surface area contributed by atoms with Gasteiger partial charge >= 0.3 is 29.8 Å². The number of fused-ring (bicyclic) bond motifs is 4. The van der Waals surface area contributed by atoms with E-state index in [0.717, 1.165) is 41.5 Å². The maximum Gasteiger partial charge on any atom is 0.326 e. The molecule has 0 aliphatic carbocycles. The fourth-order valence-corrected chi connectivity index (χ4v) is 15.6. The second-order valence-corrected chi connectivity index (χ2v) is 34.6. The van der Waals surface area contributed by atoms with Crippen LogP contribution in [0.4, 0.5) is 0 Å². The number of benzene rings is 4. The number of para-hydroxylation sites is 4. The van der Waals surface area contributed by atoms with Gasteiger partial charge in [0.05, 0.1) is 49.9 Å². The molecule has 0 aliphatic heterocycles. The lowest BCUT2D eigenvalue weighted by Crippen LogP contribution is -2.64. The molecule has 4 heterocycles. The Bertz CT molecular complexity index is 5970. The molecule has 778 valence electrons. The number of hydrogen-bond acceptors (Lipinski definition) is 27. The number of nitrogens with two attached hydrogens (primary N) is 2. The summed E-state index contributed by atoms with van der Waals surface area (Å²) in [6.07, 6.45) is -10.2. The van der Waals surface area contributed by atoms with E-state index in [1.807, 2.05) is 5.32 Å². The third-order valence-corrected chi connectivity index (χ3v) is 23.3. The van der Waals surface area contributed by atoms with Gasteiger partial charge in [-0.05, 0) is 127 Å². The molecule has 20 atom stereocenters. The van der Waals surface area contributed by atoms with Crippen molar-refractivity contribution in [3.05, 3.63) is 144 Å². The maximum absolute atomic E-state index is 15.0. The minimum Gasteiger partial charge on any atom is -0.481 e. The first-order valence-electron chi connectivity index (χ1n) is 45.8. The van der Waals surface area contributed by atoms with Crippen LogP contribution in [0.3, 0.4) is 0 Å². The van der Waals surface area contributed by atoms with Crippen LogP contribution in [-0.4, -0.2) is 324 Å². The predicted octanol–water partition coefficient (Wildman–Crippen LogP) is -6.07. The number of aliphatic hydroxyl groups excluding tert-OH is 5. The van der Waals surface area contributed by atoms with E-state index in [9.17, 15) is 147 Å². The van der Waals surface area contributed by atoms with Crippen LogP contribution in [0.2, 0.25) is 0 Å². The van der Waals surface area contributed by atoms with Gasteiger partial charge in [-0.1, -0.05) is 72.8 Å². The zero-order chi connectivity index (χ0) is 106. The average Bonchev–Trinajstić information content (AvgIpc) is 1.64. The van der Waals surface area contributed by atoms with Crippen LogP contribution in [0, 0.1) is 0 Å². The van der Waals surface area contributed by atoms with Gasteiger partial charge in [-0.3, -0.25) is 91.1 Å². The Morgan fingerprint density at radius 1 is 0.271 bits per heavy atom. The number of aliphatic carboxylic acids is 5. The van der Waals surface area contributed by atoms with Gasteiger partial charge in [0.15, 0.2) is 0 Å². The zero-order valence-electron chi connectivity index (χ0n) is 79.0. The Kier molecular flexibility index (Phi) is 42.3. The Balaban J connectivity index is 0.972. The second-order valence-electron chi connectivity index (χ2n) is 34.6. The van der Waals surface area contributed by atoms with E-state index in [4.69, 9.17) is 11.5 Å². The summed E-state index contributed by atoms with van der Waals surface area (Å²) in [5.41, 5.74) is 14.9. The molecule has 8 aromatic rings. The maximum atomic E-state index is 15.0. The van der Waals surface area contributed by atoms with E-state index in [2.05, 4.69) is 94.4 Å². The Morgan fingerprint density at radius 3 is 0.806 bits per heavy atom. The van der Waals surface area contributed by atoms with Gasteiger partial charge in [-0.2, -0.15) is 0 Å². The molecule has 0 unspecified atom stereocenters. The number of H-pyrrole nitrogens is 4. The summed E-state index contributed by atoms with van der Waals surface area (Å²) in [6, 6.07) is -2.25. The third kappa shape index (κ3) is 32.9. The fourth-order valence-electron chi connectivity index (χ4n) is 15.6. The first kappa shape index (κ1) is 113. The molecule has 51 heteroatoms. The van der Waals surface area contributed by atoms with Crippen molar-refractivity contribution < 1.29 is 147 Å². The third-order valence-electron chi connectivity index (χ3n) is 23.3. The number of carbonyl (C=O) groups is 20. The van der Waals surface area contributed by atoms with Crippen LogP contribution < -0.4 is 91.2 Å². The number of aromatic nitrogens is 4. The van der Waals surface area contributed by atoms with Crippen molar-refractivity contribution in [3.8, 4) is 0 Å². The highest BCUT2D eigenvalue weighted by molar-refractivity contribution is 6.03. The average molecular weight is 2010 g/mol. The van der Waals surface area contributed by atoms with Crippen LogP contribution in [0.25, 0.3) is 43.6 Å². The van der Waals surface area contributed by atoms with Crippen LogP contribution in [0.15, 0.2) is 122 Å². The summed E-state index contributed by atoms with van der Waals surface area (Å²) in [6.45, 7) is 5.65. The van der Waals surface area contributed by atoms with Crippen LogP contribution in [0.1, 0.15) is 122 Å².